The Kier molecular flexibility index (Phi) is 3.61. The molecule has 3 aromatic rings. The van der Waals surface area contributed by atoms with Gasteiger partial charge in [-0.25, -0.2) is 4.79 Å². The van der Waals surface area contributed by atoms with Crippen molar-refractivity contribution in [2.45, 2.75) is 6.61 Å². The molecule has 0 aliphatic heterocycles. The molecule has 106 valence electrons. The van der Waals surface area contributed by atoms with E-state index < -0.39 is 12.6 Å². The Labute approximate surface area is 120 Å². The van der Waals surface area contributed by atoms with Crippen molar-refractivity contribution in [3.8, 4) is 11.5 Å². The van der Waals surface area contributed by atoms with Crippen LogP contribution in [-0.2, 0) is 16.1 Å². The van der Waals surface area contributed by atoms with Crippen molar-refractivity contribution in [3.05, 3.63) is 48.4 Å². The van der Waals surface area contributed by atoms with Crippen LogP contribution in [0.15, 0.2) is 46.9 Å². The van der Waals surface area contributed by atoms with E-state index in [9.17, 15) is 4.79 Å². The number of nitrogens with zero attached hydrogens (tertiary/aromatic N) is 2. The van der Waals surface area contributed by atoms with Crippen LogP contribution in [0.2, 0.25) is 0 Å². The van der Waals surface area contributed by atoms with E-state index in [1.165, 1.54) is 0 Å². The van der Waals surface area contributed by atoms with Gasteiger partial charge in [0.25, 0.3) is 0 Å². The summed E-state index contributed by atoms with van der Waals surface area (Å²) < 4.78 is 10.4. The maximum atomic E-state index is 10.4. The number of aliphatic carboxylic acids is 1. The van der Waals surface area contributed by atoms with Gasteiger partial charge >= 0.3 is 5.97 Å². The van der Waals surface area contributed by atoms with Gasteiger partial charge < -0.3 is 14.3 Å². The third-order valence-corrected chi connectivity index (χ3v) is 2.94. The van der Waals surface area contributed by atoms with Crippen molar-refractivity contribution in [1.29, 1.82) is 0 Å². The fourth-order valence-electron chi connectivity index (χ4n) is 2.06. The second kappa shape index (κ2) is 5.72. The quantitative estimate of drug-likeness (QED) is 0.774. The Hall–Kier alpha value is -2.73. The molecule has 0 radical (unpaired) electrons. The van der Waals surface area contributed by atoms with Gasteiger partial charge in [0.1, 0.15) is 13.2 Å². The number of aromatic nitrogens is 2. The number of carboxylic acid groups (broad SMARTS) is 1. The molecule has 1 N–H and O–H groups in total. The summed E-state index contributed by atoms with van der Waals surface area (Å²) in [6, 6.07) is 13.7. The molecule has 2 aromatic carbocycles. The Balaban J connectivity index is 1.86. The molecule has 6 heteroatoms. The molecule has 0 aliphatic carbocycles. The summed E-state index contributed by atoms with van der Waals surface area (Å²) >= 11 is 0. The van der Waals surface area contributed by atoms with Gasteiger partial charge in [0, 0.05) is 5.56 Å². The molecule has 1 heterocycles. The number of hydrogen-bond donors (Lipinski definition) is 1. The Morgan fingerprint density at radius 3 is 2.81 bits per heavy atom. The average molecular weight is 284 g/mol. The average Bonchev–Trinajstić information content (AvgIpc) is 2.95. The number of carboxylic acids is 1. The molecule has 0 aliphatic rings. The second-order valence-electron chi connectivity index (χ2n) is 4.41. The van der Waals surface area contributed by atoms with Crippen molar-refractivity contribution in [1.82, 2.24) is 10.2 Å². The number of ether oxygens (including phenoxy) is 1. The minimum Gasteiger partial charge on any atom is -0.480 e. The zero-order chi connectivity index (χ0) is 14.7. The lowest BCUT2D eigenvalue weighted by Crippen LogP contribution is -2.06. The molecule has 0 saturated carbocycles. The molecule has 1 aromatic heterocycles. The molecular formula is C15H12N2O4. The van der Waals surface area contributed by atoms with Gasteiger partial charge in [0.15, 0.2) is 0 Å². The summed E-state index contributed by atoms with van der Waals surface area (Å²) in [6.07, 6.45) is 0. The van der Waals surface area contributed by atoms with E-state index in [-0.39, 0.29) is 12.5 Å². The zero-order valence-corrected chi connectivity index (χ0v) is 11.0. The van der Waals surface area contributed by atoms with Crippen LogP contribution in [0, 0.1) is 0 Å². The highest BCUT2D eigenvalue weighted by molar-refractivity contribution is 5.94. The van der Waals surface area contributed by atoms with Crippen molar-refractivity contribution in [2.24, 2.45) is 0 Å². The fraction of sp³-hybridized carbons (Fsp3) is 0.133. The molecule has 0 amide bonds. The number of carbonyl (C=O) groups is 1. The fourth-order valence-corrected chi connectivity index (χ4v) is 2.06. The molecule has 0 saturated heterocycles. The van der Waals surface area contributed by atoms with Crippen molar-refractivity contribution in [3.63, 3.8) is 0 Å². The Morgan fingerprint density at radius 2 is 1.95 bits per heavy atom. The van der Waals surface area contributed by atoms with Crippen molar-refractivity contribution < 1.29 is 19.1 Å². The number of hydrogen-bond acceptors (Lipinski definition) is 5. The van der Waals surface area contributed by atoms with E-state index in [4.69, 9.17) is 14.3 Å². The minimum absolute atomic E-state index is 0.0237. The van der Waals surface area contributed by atoms with E-state index >= 15 is 0 Å². The van der Waals surface area contributed by atoms with Gasteiger partial charge in [-0.1, -0.05) is 36.4 Å². The molecule has 6 nitrogen and oxygen atoms in total. The van der Waals surface area contributed by atoms with Crippen LogP contribution in [0.1, 0.15) is 5.89 Å². The monoisotopic (exact) mass is 284 g/mol. The molecule has 0 spiro atoms. The highest BCUT2D eigenvalue weighted by Gasteiger charge is 2.11. The smallest absolute Gasteiger partial charge is 0.329 e. The van der Waals surface area contributed by atoms with E-state index in [0.717, 1.165) is 16.3 Å². The van der Waals surface area contributed by atoms with Gasteiger partial charge in [-0.2, -0.15) is 0 Å². The molecule has 0 fully saturated rings. The predicted octanol–water partition coefficient (Wildman–Crippen LogP) is 2.49. The number of benzene rings is 2. The highest BCUT2D eigenvalue weighted by atomic mass is 16.5. The van der Waals surface area contributed by atoms with Crippen molar-refractivity contribution >= 4 is 16.7 Å². The maximum absolute atomic E-state index is 10.4. The standard InChI is InChI=1S/C15H12N2O4/c18-14(19)9-20-8-13-16-17-15(21-13)12-7-3-5-10-4-1-2-6-11(10)12/h1-7H,8-9H2,(H,18,19). The van der Waals surface area contributed by atoms with E-state index in [1.54, 1.807) is 0 Å². The molecule has 0 unspecified atom stereocenters. The van der Waals surface area contributed by atoms with Crippen LogP contribution in [0.5, 0.6) is 0 Å². The maximum Gasteiger partial charge on any atom is 0.329 e. The summed E-state index contributed by atoms with van der Waals surface area (Å²) in [6.45, 7) is -0.421. The normalized spacial score (nSPS) is 10.9. The van der Waals surface area contributed by atoms with Gasteiger partial charge in [0.05, 0.1) is 0 Å². The van der Waals surface area contributed by atoms with Crippen LogP contribution in [0.25, 0.3) is 22.2 Å². The van der Waals surface area contributed by atoms with Gasteiger partial charge in [-0.15, -0.1) is 10.2 Å². The molecule has 0 bridgehead atoms. The van der Waals surface area contributed by atoms with Crippen molar-refractivity contribution in [2.75, 3.05) is 6.61 Å². The van der Waals surface area contributed by atoms with Crippen LogP contribution in [-0.4, -0.2) is 27.9 Å². The van der Waals surface area contributed by atoms with E-state index in [2.05, 4.69) is 10.2 Å². The van der Waals surface area contributed by atoms with Crippen LogP contribution in [0.3, 0.4) is 0 Å². The van der Waals surface area contributed by atoms with Gasteiger partial charge in [-0.05, 0) is 16.8 Å². The molecule has 3 rings (SSSR count). The molecular weight excluding hydrogens is 272 g/mol. The SMILES string of the molecule is O=C(O)COCc1nnc(-c2cccc3ccccc23)o1. The van der Waals surface area contributed by atoms with Crippen LogP contribution >= 0.6 is 0 Å². The second-order valence-corrected chi connectivity index (χ2v) is 4.41. The summed E-state index contributed by atoms with van der Waals surface area (Å²) in [7, 11) is 0. The number of rotatable bonds is 5. The third kappa shape index (κ3) is 2.90. The lowest BCUT2D eigenvalue weighted by Gasteiger charge is -2.01. The first-order valence-electron chi connectivity index (χ1n) is 6.34. The summed E-state index contributed by atoms with van der Waals surface area (Å²) in [5, 5.41) is 18.4. The predicted molar refractivity (Wildman–Crippen MR) is 74.5 cm³/mol. The molecule has 0 atom stereocenters. The number of fused-ring (bicyclic) bond motifs is 1. The largest absolute Gasteiger partial charge is 0.480 e. The van der Waals surface area contributed by atoms with Crippen LogP contribution < -0.4 is 0 Å². The summed E-state index contributed by atoms with van der Waals surface area (Å²) in [5.74, 6) is -0.399. The summed E-state index contributed by atoms with van der Waals surface area (Å²) in [5.41, 5.74) is 0.838. The van der Waals surface area contributed by atoms with Crippen LogP contribution in [0.4, 0.5) is 0 Å². The Morgan fingerprint density at radius 1 is 1.14 bits per heavy atom. The van der Waals surface area contributed by atoms with E-state index in [1.807, 2.05) is 42.5 Å². The zero-order valence-electron chi connectivity index (χ0n) is 11.0. The topological polar surface area (TPSA) is 85.5 Å². The highest BCUT2D eigenvalue weighted by Crippen LogP contribution is 2.27. The lowest BCUT2D eigenvalue weighted by atomic mass is 10.0. The Bertz CT molecular complexity index is 777. The lowest BCUT2D eigenvalue weighted by molar-refractivity contribution is -0.142. The third-order valence-electron chi connectivity index (χ3n) is 2.94. The van der Waals surface area contributed by atoms with E-state index in [0.29, 0.717) is 5.89 Å². The summed E-state index contributed by atoms with van der Waals surface area (Å²) in [4.78, 5) is 10.4. The first-order chi connectivity index (χ1) is 10.2. The van der Waals surface area contributed by atoms with Gasteiger partial charge in [0.2, 0.25) is 11.8 Å². The first-order valence-corrected chi connectivity index (χ1v) is 6.34. The minimum atomic E-state index is -1.04. The first kappa shape index (κ1) is 13.3. The molecule has 21 heavy (non-hydrogen) atoms. The van der Waals surface area contributed by atoms with Gasteiger partial charge in [-0.3, -0.25) is 0 Å².